The van der Waals surface area contributed by atoms with Crippen LogP contribution in [0, 0.1) is 11.7 Å². The van der Waals surface area contributed by atoms with E-state index in [9.17, 15) is 4.39 Å². The van der Waals surface area contributed by atoms with Gasteiger partial charge in [0.15, 0.2) is 0 Å². The maximum Gasteiger partial charge on any atom is 0.136 e. The van der Waals surface area contributed by atoms with Crippen LogP contribution in [0.2, 0.25) is 0 Å². The molecule has 2 aliphatic heterocycles. The van der Waals surface area contributed by atoms with E-state index < -0.39 is 0 Å². The number of nitrogens with zero attached hydrogens (tertiary/aromatic N) is 2. The highest BCUT2D eigenvalue weighted by Gasteiger charge is 2.16. The average molecular weight is 686 g/mol. The lowest BCUT2D eigenvalue weighted by molar-refractivity contribution is 0.135. The fraction of sp³-hybridized carbons (Fsp3) is 0.269. The molecule has 2 aromatic rings. The summed E-state index contributed by atoms with van der Waals surface area (Å²) in [7, 11) is 0. The minimum atomic E-state index is -0.369. The summed E-state index contributed by atoms with van der Waals surface area (Å²) < 4.78 is 26.8. The predicted octanol–water partition coefficient (Wildman–Crippen LogP) is 5.51. The predicted molar refractivity (Wildman–Crippen MR) is 159 cm³/mol. The van der Waals surface area contributed by atoms with Crippen molar-refractivity contribution < 1.29 is 9.13 Å². The van der Waals surface area contributed by atoms with Crippen molar-refractivity contribution in [2.45, 2.75) is 26.9 Å². The van der Waals surface area contributed by atoms with Gasteiger partial charge in [-0.1, -0.05) is 64.9 Å². The Labute approximate surface area is 220 Å². The summed E-state index contributed by atoms with van der Waals surface area (Å²) in [6.07, 6.45) is 4.04. The fourth-order valence-corrected chi connectivity index (χ4v) is 7.45. The maximum atomic E-state index is 13.6. The number of hydrogen-bond acceptors (Lipinski definition) is 5. The number of aliphatic imine (C=N–C) groups is 1. The minimum Gasteiger partial charge on any atom is -0.377 e. The second-order valence-corrected chi connectivity index (χ2v) is 13.1. The molecule has 180 valence electrons. The van der Waals surface area contributed by atoms with E-state index in [1.54, 1.807) is 12.1 Å². The van der Waals surface area contributed by atoms with E-state index in [1.807, 2.05) is 22.4 Å². The van der Waals surface area contributed by atoms with E-state index in [4.69, 9.17) is 10.5 Å². The second kappa shape index (κ2) is 12.3. The number of fused-ring (bicyclic) bond motifs is 1. The summed E-state index contributed by atoms with van der Waals surface area (Å²) in [6, 6.07) is 13.4. The summed E-state index contributed by atoms with van der Waals surface area (Å²) in [5, 5.41) is 3.47. The lowest BCUT2D eigenvalue weighted by atomic mass is 10.1. The van der Waals surface area contributed by atoms with Crippen LogP contribution in [0.5, 0.6) is 0 Å². The highest BCUT2D eigenvalue weighted by atomic mass is 127. The zero-order valence-electron chi connectivity index (χ0n) is 19.3. The van der Waals surface area contributed by atoms with Gasteiger partial charge in [0.25, 0.3) is 0 Å². The summed E-state index contributed by atoms with van der Waals surface area (Å²) in [5.41, 5.74) is 12.0. The Kier molecular flexibility index (Phi) is 9.15. The van der Waals surface area contributed by atoms with Gasteiger partial charge >= 0.3 is 0 Å². The highest BCUT2D eigenvalue weighted by Crippen LogP contribution is 2.34. The van der Waals surface area contributed by atoms with Crippen molar-refractivity contribution in [3.05, 3.63) is 88.5 Å². The molecule has 4 rings (SSSR count). The third-order valence-electron chi connectivity index (χ3n) is 5.11. The van der Waals surface area contributed by atoms with Crippen molar-refractivity contribution >= 4 is 59.3 Å². The number of halogens is 3. The number of benzene rings is 2. The van der Waals surface area contributed by atoms with Gasteiger partial charge in [-0.2, -0.15) is 0 Å². The van der Waals surface area contributed by atoms with Crippen molar-refractivity contribution in [3.8, 4) is 0 Å². The van der Waals surface area contributed by atoms with E-state index in [-0.39, 0.29) is 47.6 Å². The molecule has 0 saturated heterocycles. The number of nitrogens with two attached hydrogens (primary N) is 1. The number of rotatable bonds is 10. The molecule has 5 nitrogen and oxygen atoms in total. The lowest BCUT2D eigenvalue weighted by Crippen LogP contribution is -2.22. The van der Waals surface area contributed by atoms with E-state index in [0.29, 0.717) is 19.1 Å². The zero-order chi connectivity index (χ0) is 23.9. The van der Waals surface area contributed by atoms with Crippen LogP contribution >= 0.6 is 41.7 Å². The van der Waals surface area contributed by atoms with Gasteiger partial charge in [0.1, 0.15) is 11.6 Å². The fourth-order valence-electron chi connectivity index (χ4n) is 3.49. The smallest absolute Gasteiger partial charge is 0.136 e. The molecular weight excluding hydrogens is 657 g/mol. The normalized spacial score (nSPS) is 15.4. The number of ether oxygens (including phenoxy) is 1. The minimum absolute atomic E-state index is 0.183. The third kappa shape index (κ3) is 6.89. The SMILES string of the molecule is CC(C)COC/C=C/C1=C(NCc2ccc3c(c2)C=IN3Cc2cccc(F)c2)N=CI=C1N. The molecule has 0 amide bonds. The number of hydrogen-bond donors (Lipinski definition) is 2. The molecule has 0 aliphatic carbocycles. The van der Waals surface area contributed by atoms with Gasteiger partial charge in [-0.3, -0.25) is 5.73 Å². The molecule has 0 saturated carbocycles. The Hall–Kier alpha value is -1.76. The standard InChI is InChI=1S/C26H29FI2N4O/c1-18(2)16-34-10-4-7-23-25(30)28-17-32-26(23)31-14-19-8-9-24-21(11-19)13-29-33(24)15-20-5-3-6-22(27)12-20/h3-9,11-13,17-18H,10,14-16,30H2,1-2H3,(H,31,32)/b7-4+. The average Bonchev–Trinajstić information content (AvgIpc) is 3.20. The summed E-state index contributed by atoms with van der Waals surface area (Å²) in [5.74, 6) is 1.15. The molecule has 0 radical (unpaired) electrons. The molecule has 3 N–H and O–H groups in total. The van der Waals surface area contributed by atoms with Crippen molar-refractivity contribution in [3.63, 3.8) is 0 Å². The molecule has 2 aliphatic rings. The molecular formula is C26H29FI2N4O. The summed E-state index contributed by atoms with van der Waals surface area (Å²) in [4.78, 5) is 4.60. The van der Waals surface area contributed by atoms with Crippen molar-refractivity contribution in [1.29, 1.82) is 0 Å². The third-order valence-corrected chi connectivity index (χ3v) is 9.41. The largest absolute Gasteiger partial charge is 0.377 e. The van der Waals surface area contributed by atoms with E-state index in [1.165, 1.54) is 22.9 Å². The molecule has 0 aromatic heterocycles. The van der Waals surface area contributed by atoms with Crippen molar-refractivity contribution in [2.75, 3.05) is 16.3 Å². The Morgan fingerprint density at radius 1 is 1.21 bits per heavy atom. The summed E-state index contributed by atoms with van der Waals surface area (Å²) in [6.45, 7) is 7.00. The second-order valence-electron chi connectivity index (χ2n) is 8.38. The van der Waals surface area contributed by atoms with Gasteiger partial charge in [0.05, 0.1) is 26.7 Å². The van der Waals surface area contributed by atoms with Crippen LogP contribution in [0.15, 0.2) is 71.0 Å². The quantitative estimate of drug-likeness (QED) is 0.197. The monoisotopic (exact) mass is 686 g/mol. The molecule has 34 heavy (non-hydrogen) atoms. The van der Waals surface area contributed by atoms with Crippen molar-refractivity contribution in [2.24, 2.45) is 16.6 Å². The van der Waals surface area contributed by atoms with Gasteiger partial charge in [-0.25, -0.2) is 9.38 Å². The van der Waals surface area contributed by atoms with Crippen LogP contribution in [-0.4, -0.2) is 25.1 Å². The first kappa shape index (κ1) is 25.3. The van der Waals surface area contributed by atoms with E-state index in [2.05, 4.69) is 49.5 Å². The highest BCUT2D eigenvalue weighted by molar-refractivity contribution is 14.2. The first-order valence-corrected chi connectivity index (χ1v) is 15.7. The Bertz CT molecular complexity index is 1190. The maximum absolute atomic E-state index is 13.6. The molecule has 8 heteroatoms. The van der Waals surface area contributed by atoms with E-state index in [0.717, 1.165) is 33.7 Å². The van der Waals surface area contributed by atoms with Crippen LogP contribution in [0.25, 0.3) is 0 Å². The first-order valence-electron chi connectivity index (χ1n) is 11.1. The molecule has 0 unspecified atom stereocenters. The zero-order valence-corrected chi connectivity index (χ0v) is 23.6. The van der Waals surface area contributed by atoms with Gasteiger partial charge in [-0.05, 0) is 45.3 Å². The summed E-state index contributed by atoms with van der Waals surface area (Å²) >= 11 is -0.627. The van der Waals surface area contributed by atoms with Gasteiger partial charge < -0.3 is 13.2 Å². The van der Waals surface area contributed by atoms with Gasteiger partial charge in [-0.15, -0.1) is 0 Å². The molecule has 2 heterocycles. The van der Waals surface area contributed by atoms with Crippen LogP contribution in [-0.2, 0) is 17.8 Å². The Morgan fingerprint density at radius 3 is 2.91 bits per heavy atom. The first-order chi connectivity index (χ1) is 16.5. The topological polar surface area (TPSA) is 62.9 Å². The Balaban J connectivity index is 1.40. The van der Waals surface area contributed by atoms with E-state index >= 15 is 0 Å². The lowest BCUT2D eigenvalue weighted by Gasteiger charge is -2.18. The van der Waals surface area contributed by atoms with Gasteiger partial charge in [0, 0.05) is 45.3 Å². The number of nitrogens with one attached hydrogen (secondary N) is 1. The molecule has 0 atom stereocenters. The Morgan fingerprint density at radius 2 is 2.09 bits per heavy atom. The van der Waals surface area contributed by atoms with Gasteiger partial charge in [0.2, 0.25) is 0 Å². The van der Waals surface area contributed by atoms with Crippen molar-refractivity contribution in [1.82, 2.24) is 5.32 Å². The molecule has 0 fully saturated rings. The molecule has 0 bridgehead atoms. The van der Waals surface area contributed by atoms with Crippen LogP contribution in [0.3, 0.4) is 0 Å². The van der Waals surface area contributed by atoms with Crippen LogP contribution in [0.4, 0.5) is 10.1 Å². The molecule has 0 spiro atoms. The van der Waals surface area contributed by atoms with Crippen LogP contribution in [0.1, 0.15) is 30.5 Å². The van der Waals surface area contributed by atoms with Crippen LogP contribution < -0.4 is 14.2 Å². The number of anilines is 1. The molecule has 2 aromatic carbocycles.